The fourth-order valence-corrected chi connectivity index (χ4v) is 8.25. The van der Waals surface area contributed by atoms with Gasteiger partial charge in [0.15, 0.2) is 0 Å². The molecule has 1 aliphatic carbocycles. The van der Waals surface area contributed by atoms with Gasteiger partial charge >= 0.3 is 0 Å². The van der Waals surface area contributed by atoms with Gasteiger partial charge in [0.1, 0.15) is 34.6 Å². The number of likely N-dealkylation sites (N-methyl/N-ethyl adjacent to an activating group) is 1. The Kier molecular flexibility index (Phi) is 8.11. The quantitative estimate of drug-likeness (QED) is 0.337. The van der Waals surface area contributed by atoms with Crippen LogP contribution in [0.1, 0.15) is 32.1 Å². The highest BCUT2D eigenvalue weighted by Gasteiger charge is 2.50. The molecule has 4 aliphatic rings. The minimum absolute atomic E-state index is 0.0112. The van der Waals surface area contributed by atoms with Crippen LogP contribution in [0.25, 0.3) is 0 Å². The summed E-state index contributed by atoms with van der Waals surface area (Å²) >= 11 is 0. The second kappa shape index (κ2) is 11.4. The molecule has 2 aromatic rings. The Labute approximate surface area is 252 Å². The monoisotopic (exact) mass is 637 g/mol. The fraction of sp³-hybridized carbons (Fsp3) is 0.607. The Bertz CT molecular complexity index is 1560. The number of piperidine rings is 1. The summed E-state index contributed by atoms with van der Waals surface area (Å²) in [6.45, 7) is 2.14. The molecule has 2 saturated heterocycles. The molecule has 0 unspecified atom stereocenters. The first kappa shape index (κ1) is 30.5. The van der Waals surface area contributed by atoms with Gasteiger partial charge in [0.05, 0.1) is 29.8 Å². The second-order valence-corrected chi connectivity index (χ2v) is 15.8. The molecule has 13 nitrogen and oxygen atoms in total. The van der Waals surface area contributed by atoms with Crippen LogP contribution in [0.15, 0.2) is 46.3 Å². The molecule has 6 rings (SSSR count). The van der Waals surface area contributed by atoms with Crippen molar-refractivity contribution in [2.24, 2.45) is 0 Å². The van der Waals surface area contributed by atoms with Crippen LogP contribution in [0.5, 0.6) is 11.6 Å². The summed E-state index contributed by atoms with van der Waals surface area (Å²) in [5.41, 5.74) is 0.121. The van der Waals surface area contributed by atoms with E-state index in [0.29, 0.717) is 56.3 Å². The number of rotatable bonds is 10. The molecule has 1 saturated carbocycles. The number of aromatic nitrogens is 1. The first-order valence-corrected chi connectivity index (χ1v) is 17.5. The molecule has 3 aliphatic heterocycles. The Hall–Kier alpha value is -2.53. The summed E-state index contributed by atoms with van der Waals surface area (Å²) in [7, 11) is -4.03. The van der Waals surface area contributed by atoms with Crippen LogP contribution < -0.4 is 24.4 Å². The maximum atomic E-state index is 13.5. The van der Waals surface area contributed by atoms with Crippen molar-refractivity contribution in [3.8, 4) is 11.6 Å². The van der Waals surface area contributed by atoms with Gasteiger partial charge in [0.2, 0.25) is 25.9 Å². The molecule has 0 bridgehead atoms. The zero-order chi connectivity index (χ0) is 30.5. The van der Waals surface area contributed by atoms with Gasteiger partial charge in [-0.15, -0.1) is 0 Å². The first-order valence-electron chi connectivity index (χ1n) is 14.5. The SMILES string of the molecule is CNS(=O)(=O)c1cccc(OC[C@@H](O)CN[C@H]2COC3(CCN(S(=O)(=O)c4cnc5c(c4)N(C)CC4(CC4)O5)CC3)C2)c1. The molecule has 3 N–H and O–H groups in total. The number of hydrogen-bond acceptors (Lipinski definition) is 11. The van der Waals surface area contributed by atoms with Crippen molar-refractivity contribution in [3.05, 3.63) is 36.5 Å². The van der Waals surface area contributed by atoms with E-state index >= 15 is 0 Å². The smallest absolute Gasteiger partial charge is 0.244 e. The van der Waals surface area contributed by atoms with Gasteiger partial charge in [0.25, 0.3) is 0 Å². The van der Waals surface area contributed by atoms with E-state index in [4.69, 9.17) is 14.2 Å². The van der Waals surface area contributed by atoms with Crippen molar-refractivity contribution in [2.45, 2.75) is 65.2 Å². The van der Waals surface area contributed by atoms with Crippen molar-refractivity contribution in [3.63, 3.8) is 0 Å². The number of benzene rings is 1. The van der Waals surface area contributed by atoms with Gasteiger partial charge in [-0.1, -0.05) is 6.07 Å². The van der Waals surface area contributed by atoms with Crippen molar-refractivity contribution in [1.29, 1.82) is 0 Å². The van der Waals surface area contributed by atoms with E-state index in [9.17, 15) is 21.9 Å². The Morgan fingerprint density at radius 1 is 1.12 bits per heavy atom. The predicted octanol–water partition coefficient (Wildman–Crippen LogP) is 0.693. The minimum Gasteiger partial charge on any atom is -0.491 e. The van der Waals surface area contributed by atoms with Crippen LogP contribution in [-0.2, 0) is 24.8 Å². The Balaban J connectivity index is 0.977. The maximum Gasteiger partial charge on any atom is 0.244 e. The minimum atomic E-state index is -3.72. The number of fused-ring (bicyclic) bond motifs is 1. The lowest BCUT2D eigenvalue weighted by Crippen LogP contribution is -2.47. The van der Waals surface area contributed by atoms with Crippen molar-refractivity contribution in [2.75, 3.05) is 58.4 Å². The summed E-state index contributed by atoms with van der Waals surface area (Å²) in [6.07, 6.45) is 4.42. The van der Waals surface area contributed by atoms with Gasteiger partial charge < -0.3 is 29.5 Å². The summed E-state index contributed by atoms with van der Waals surface area (Å²) in [5, 5.41) is 13.8. The molecule has 0 radical (unpaired) electrons. The lowest BCUT2D eigenvalue weighted by atomic mass is 9.88. The van der Waals surface area contributed by atoms with Gasteiger partial charge in [-0.05, 0) is 57.4 Å². The molecule has 1 aromatic carbocycles. The van der Waals surface area contributed by atoms with Crippen molar-refractivity contribution in [1.82, 2.24) is 19.3 Å². The highest BCUT2D eigenvalue weighted by atomic mass is 32.2. The number of nitrogens with zero attached hydrogens (tertiary/aromatic N) is 3. The number of ether oxygens (including phenoxy) is 3. The van der Waals surface area contributed by atoms with E-state index < -0.39 is 31.8 Å². The summed E-state index contributed by atoms with van der Waals surface area (Å²) in [6, 6.07) is 7.76. The Morgan fingerprint density at radius 3 is 2.60 bits per heavy atom. The van der Waals surface area contributed by atoms with E-state index in [1.165, 1.54) is 29.7 Å². The molecule has 236 valence electrons. The zero-order valence-electron chi connectivity index (χ0n) is 24.4. The summed E-state index contributed by atoms with van der Waals surface area (Å²) in [4.78, 5) is 6.65. The number of aliphatic hydroxyl groups is 1. The summed E-state index contributed by atoms with van der Waals surface area (Å²) in [5.74, 6) is 0.838. The van der Waals surface area contributed by atoms with Crippen LogP contribution in [0.2, 0.25) is 0 Å². The second-order valence-electron chi connectivity index (χ2n) is 12.0. The lowest BCUT2D eigenvalue weighted by Gasteiger charge is -2.38. The van der Waals surface area contributed by atoms with Gasteiger partial charge in [0, 0.05) is 38.8 Å². The van der Waals surface area contributed by atoms with Crippen LogP contribution in [0.3, 0.4) is 0 Å². The molecule has 3 fully saturated rings. The molecule has 15 heteroatoms. The molecular formula is C28H39N5O8S2. The van der Waals surface area contributed by atoms with Crippen LogP contribution in [0, 0.1) is 0 Å². The highest BCUT2D eigenvalue weighted by molar-refractivity contribution is 7.89. The predicted molar refractivity (Wildman–Crippen MR) is 157 cm³/mol. The third-order valence-corrected chi connectivity index (χ3v) is 12.1. The van der Waals surface area contributed by atoms with Crippen molar-refractivity contribution < 1.29 is 36.2 Å². The molecule has 0 amide bonds. The molecule has 2 spiro atoms. The van der Waals surface area contributed by atoms with Gasteiger partial charge in [-0.3, -0.25) is 0 Å². The fourth-order valence-electron chi connectivity index (χ4n) is 6.08. The highest BCUT2D eigenvalue weighted by Crippen LogP contribution is 2.47. The number of sulfonamides is 2. The van der Waals surface area contributed by atoms with E-state index in [-0.39, 0.29) is 34.6 Å². The largest absolute Gasteiger partial charge is 0.491 e. The van der Waals surface area contributed by atoms with Crippen LogP contribution in [-0.4, -0.2) is 108 Å². The third-order valence-electron chi connectivity index (χ3n) is 8.81. The average Bonchev–Trinajstić information content (AvgIpc) is 3.62. The Morgan fingerprint density at radius 2 is 1.88 bits per heavy atom. The van der Waals surface area contributed by atoms with Crippen molar-refractivity contribution >= 4 is 25.7 Å². The first-order chi connectivity index (χ1) is 20.4. The van der Waals surface area contributed by atoms with Gasteiger partial charge in [-0.2, -0.15) is 4.31 Å². The van der Waals surface area contributed by atoms with E-state index in [0.717, 1.165) is 19.4 Å². The number of nitrogens with one attached hydrogen (secondary N) is 2. The summed E-state index contributed by atoms with van der Waals surface area (Å²) < 4.78 is 72.7. The maximum absolute atomic E-state index is 13.5. The molecule has 1 aromatic heterocycles. The van der Waals surface area contributed by atoms with Crippen LogP contribution in [0.4, 0.5) is 5.69 Å². The molecule has 2 atom stereocenters. The average molecular weight is 638 g/mol. The van der Waals surface area contributed by atoms with Crippen LogP contribution >= 0.6 is 0 Å². The molecular weight excluding hydrogens is 598 g/mol. The number of hydrogen-bond donors (Lipinski definition) is 3. The van der Waals surface area contributed by atoms with E-state index in [2.05, 4.69) is 15.0 Å². The third kappa shape index (κ3) is 6.34. The topological polar surface area (TPSA) is 160 Å². The number of anilines is 1. The molecule has 4 heterocycles. The number of aliphatic hydroxyl groups excluding tert-OH is 1. The standard InChI is InChI=1S/C28H39N5O8S2/c1-29-42(35,36)23-5-3-4-22(12-23)39-18-21(34)15-30-20-14-27(40-17-20)8-10-33(11-9-27)43(37,38)24-13-25-26(31-16-24)41-28(6-7-28)19-32(25)2/h3-5,12-13,16,20-21,29-30,34H,6-11,14-15,17-19H2,1-2H3/t20-,21+/m1/s1. The van der Waals surface area contributed by atoms with E-state index in [1.807, 2.05) is 11.9 Å². The lowest BCUT2D eigenvalue weighted by molar-refractivity contribution is -0.0312. The molecule has 43 heavy (non-hydrogen) atoms. The normalized spacial score (nSPS) is 23.6. The van der Waals surface area contributed by atoms with Gasteiger partial charge in [-0.25, -0.2) is 26.5 Å². The zero-order valence-corrected chi connectivity index (χ0v) is 26.0. The van der Waals surface area contributed by atoms with E-state index in [1.54, 1.807) is 18.2 Å². The number of pyridine rings is 1.